The lowest BCUT2D eigenvalue weighted by atomic mass is 10.1. The van der Waals surface area contributed by atoms with Crippen molar-refractivity contribution in [2.75, 3.05) is 12.3 Å². The summed E-state index contributed by atoms with van der Waals surface area (Å²) >= 11 is 0. The van der Waals surface area contributed by atoms with Crippen molar-refractivity contribution in [1.82, 2.24) is 5.32 Å². The van der Waals surface area contributed by atoms with E-state index in [-0.39, 0.29) is 5.75 Å². The first-order valence-corrected chi connectivity index (χ1v) is 4.52. The molecule has 0 amide bonds. The molecule has 0 aromatic heterocycles. The topological polar surface area (TPSA) is 58.3 Å². The number of phenolic OH excluding ortho intramolecular Hbond substituents is 1. The van der Waals surface area contributed by atoms with Crippen LogP contribution in [0.3, 0.4) is 0 Å². The molecule has 0 heterocycles. The fraction of sp³-hybridized carbons (Fsp3) is 0.400. The van der Waals surface area contributed by atoms with E-state index >= 15 is 0 Å². The maximum atomic E-state index is 9.47. The van der Waals surface area contributed by atoms with Gasteiger partial charge in [-0.15, -0.1) is 0 Å². The fourth-order valence-electron chi connectivity index (χ4n) is 1.17. The highest BCUT2D eigenvalue weighted by Gasteiger charge is 2.03. The van der Waals surface area contributed by atoms with Crippen molar-refractivity contribution in [3.05, 3.63) is 23.8 Å². The molecular weight excluding hydrogens is 164 g/mol. The molecule has 13 heavy (non-hydrogen) atoms. The Bertz CT molecular complexity index is 253. The van der Waals surface area contributed by atoms with Gasteiger partial charge in [0.05, 0.1) is 0 Å². The summed E-state index contributed by atoms with van der Waals surface area (Å²) in [4.78, 5) is 0. The zero-order valence-corrected chi connectivity index (χ0v) is 7.88. The summed E-state index contributed by atoms with van der Waals surface area (Å²) in [5, 5.41) is 12.7. The van der Waals surface area contributed by atoms with Gasteiger partial charge in [0.2, 0.25) is 0 Å². The highest BCUT2D eigenvalue weighted by atomic mass is 16.3. The van der Waals surface area contributed by atoms with Crippen LogP contribution in [0.4, 0.5) is 5.69 Å². The molecule has 0 aliphatic carbocycles. The smallest absolute Gasteiger partial charge is 0.122 e. The average Bonchev–Trinajstić information content (AvgIpc) is 2.10. The van der Waals surface area contributed by atoms with Gasteiger partial charge in [-0.25, -0.2) is 0 Å². The standard InChI is InChI=1S/C10H16N2O/c1-2-6-12-7-8-9(11)4-3-5-10(8)13/h3-5,12-13H,2,6-7,11H2,1H3. The molecule has 0 spiro atoms. The molecule has 1 rings (SSSR count). The van der Waals surface area contributed by atoms with Crippen molar-refractivity contribution in [1.29, 1.82) is 0 Å². The summed E-state index contributed by atoms with van der Waals surface area (Å²) < 4.78 is 0. The van der Waals surface area contributed by atoms with Gasteiger partial charge in [0.25, 0.3) is 0 Å². The van der Waals surface area contributed by atoms with Crippen LogP contribution in [0.2, 0.25) is 0 Å². The number of aromatic hydroxyl groups is 1. The Labute approximate surface area is 78.6 Å². The lowest BCUT2D eigenvalue weighted by Crippen LogP contribution is -2.15. The fourth-order valence-corrected chi connectivity index (χ4v) is 1.17. The molecule has 1 aromatic rings. The number of nitrogen functional groups attached to an aromatic ring is 1. The van der Waals surface area contributed by atoms with Crippen LogP contribution >= 0.6 is 0 Å². The molecule has 1 aromatic carbocycles. The van der Waals surface area contributed by atoms with Gasteiger partial charge in [0.15, 0.2) is 0 Å². The normalized spacial score (nSPS) is 10.2. The zero-order chi connectivity index (χ0) is 9.68. The van der Waals surface area contributed by atoms with Crippen LogP contribution in [0.15, 0.2) is 18.2 Å². The molecule has 4 N–H and O–H groups in total. The van der Waals surface area contributed by atoms with Crippen molar-refractivity contribution >= 4 is 5.69 Å². The molecule has 3 heteroatoms. The predicted octanol–water partition coefficient (Wildman–Crippen LogP) is 1.47. The summed E-state index contributed by atoms with van der Waals surface area (Å²) in [5.74, 6) is 0.267. The Kier molecular flexibility index (Phi) is 3.58. The quantitative estimate of drug-likeness (QED) is 0.486. The number of benzene rings is 1. The molecule has 0 fully saturated rings. The van der Waals surface area contributed by atoms with Crippen LogP contribution in [0.25, 0.3) is 0 Å². The number of phenols is 1. The van der Waals surface area contributed by atoms with E-state index in [0.717, 1.165) is 18.5 Å². The monoisotopic (exact) mass is 180 g/mol. The highest BCUT2D eigenvalue weighted by Crippen LogP contribution is 2.22. The van der Waals surface area contributed by atoms with E-state index in [4.69, 9.17) is 5.73 Å². The van der Waals surface area contributed by atoms with Crippen LogP contribution < -0.4 is 11.1 Å². The van der Waals surface area contributed by atoms with Crippen molar-refractivity contribution in [3.63, 3.8) is 0 Å². The van der Waals surface area contributed by atoms with E-state index in [1.165, 1.54) is 0 Å². The van der Waals surface area contributed by atoms with Gasteiger partial charge in [0.1, 0.15) is 5.75 Å². The van der Waals surface area contributed by atoms with Gasteiger partial charge in [0, 0.05) is 17.8 Å². The van der Waals surface area contributed by atoms with Crippen LogP contribution in [0.1, 0.15) is 18.9 Å². The third-order valence-electron chi connectivity index (χ3n) is 1.92. The molecule has 0 aliphatic rings. The summed E-state index contributed by atoms with van der Waals surface area (Å²) in [6.45, 7) is 3.67. The summed E-state index contributed by atoms with van der Waals surface area (Å²) in [6.07, 6.45) is 1.08. The molecule has 0 saturated heterocycles. The van der Waals surface area contributed by atoms with Crippen LogP contribution in [0, 0.1) is 0 Å². The summed E-state index contributed by atoms with van der Waals surface area (Å²) in [7, 11) is 0. The minimum absolute atomic E-state index is 0.267. The minimum atomic E-state index is 0.267. The molecule has 0 bridgehead atoms. The van der Waals surface area contributed by atoms with Gasteiger partial charge in [-0.05, 0) is 25.1 Å². The van der Waals surface area contributed by atoms with Gasteiger partial charge >= 0.3 is 0 Å². The minimum Gasteiger partial charge on any atom is -0.508 e. The Morgan fingerprint density at radius 2 is 2.23 bits per heavy atom. The van der Waals surface area contributed by atoms with Gasteiger partial charge < -0.3 is 16.2 Å². The van der Waals surface area contributed by atoms with Gasteiger partial charge in [-0.3, -0.25) is 0 Å². The first-order valence-electron chi connectivity index (χ1n) is 4.52. The van der Waals surface area contributed by atoms with Crippen molar-refractivity contribution < 1.29 is 5.11 Å². The third kappa shape index (κ3) is 2.63. The SMILES string of the molecule is CCCNCc1c(N)cccc1O. The third-order valence-corrected chi connectivity index (χ3v) is 1.92. The van der Waals surface area contributed by atoms with Crippen molar-refractivity contribution in [3.8, 4) is 5.75 Å². The molecule has 3 nitrogen and oxygen atoms in total. The largest absolute Gasteiger partial charge is 0.508 e. The lowest BCUT2D eigenvalue weighted by molar-refractivity contribution is 0.465. The van der Waals surface area contributed by atoms with E-state index in [9.17, 15) is 5.11 Å². The molecule has 0 unspecified atom stereocenters. The highest BCUT2D eigenvalue weighted by molar-refractivity contribution is 5.53. The first-order chi connectivity index (χ1) is 6.25. The van der Waals surface area contributed by atoms with Crippen LogP contribution in [-0.2, 0) is 6.54 Å². The van der Waals surface area contributed by atoms with E-state index in [0.29, 0.717) is 12.2 Å². The number of hydrogen-bond acceptors (Lipinski definition) is 3. The first kappa shape index (κ1) is 9.86. The Morgan fingerprint density at radius 3 is 2.85 bits per heavy atom. The molecule has 0 atom stereocenters. The molecule has 0 aliphatic heterocycles. The second kappa shape index (κ2) is 4.72. The number of nitrogens with two attached hydrogens (primary N) is 1. The maximum absolute atomic E-state index is 9.47. The Morgan fingerprint density at radius 1 is 1.46 bits per heavy atom. The molecule has 0 radical (unpaired) electrons. The van der Waals surface area contributed by atoms with E-state index in [2.05, 4.69) is 12.2 Å². The number of nitrogens with one attached hydrogen (secondary N) is 1. The second-order valence-corrected chi connectivity index (χ2v) is 3.02. The van der Waals surface area contributed by atoms with Crippen LogP contribution in [-0.4, -0.2) is 11.7 Å². The second-order valence-electron chi connectivity index (χ2n) is 3.02. The van der Waals surface area contributed by atoms with E-state index in [1.807, 2.05) is 0 Å². The van der Waals surface area contributed by atoms with E-state index in [1.54, 1.807) is 18.2 Å². The van der Waals surface area contributed by atoms with Crippen LogP contribution in [0.5, 0.6) is 5.75 Å². The van der Waals surface area contributed by atoms with Gasteiger partial charge in [-0.2, -0.15) is 0 Å². The maximum Gasteiger partial charge on any atom is 0.122 e. The predicted molar refractivity (Wildman–Crippen MR) is 54.5 cm³/mol. The number of rotatable bonds is 4. The molecule has 72 valence electrons. The molecule has 0 saturated carbocycles. The van der Waals surface area contributed by atoms with Crippen molar-refractivity contribution in [2.24, 2.45) is 0 Å². The summed E-state index contributed by atoms with van der Waals surface area (Å²) in [6, 6.07) is 5.19. The Balaban J connectivity index is 2.64. The average molecular weight is 180 g/mol. The zero-order valence-electron chi connectivity index (χ0n) is 7.88. The number of anilines is 1. The van der Waals surface area contributed by atoms with Crippen molar-refractivity contribution in [2.45, 2.75) is 19.9 Å². The lowest BCUT2D eigenvalue weighted by Gasteiger charge is -2.08. The van der Waals surface area contributed by atoms with E-state index < -0.39 is 0 Å². The summed E-state index contributed by atoms with van der Waals surface area (Å²) in [5.41, 5.74) is 7.13. The van der Waals surface area contributed by atoms with Gasteiger partial charge in [-0.1, -0.05) is 13.0 Å². The molecular formula is C10H16N2O. The Hall–Kier alpha value is -1.22. The number of hydrogen-bond donors (Lipinski definition) is 3.